The second-order valence-electron chi connectivity index (χ2n) is 5.31. The van der Waals surface area contributed by atoms with Gasteiger partial charge in [-0.25, -0.2) is 0 Å². The number of ether oxygens (including phenoxy) is 1. The number of rotatable bonds is 5. The normalized spacial score (nSPS) is 14.8. The van der Waals surface area contributed by atoms with Crippen molar-refractivity contribution < 1.29 is 9.53 Å². The molecule has 0 radical (unpaired) electrons. The van der Waals surface area contributed by atoms with E-state index < -0.39 is 0 Å². The van der Waals surface area contributed by atoms with Crippen LogP contribution >= 0.6 is 0 Å². The molecule has 0 saturated carbocycles. The lowest BCUT2D eigenvalue weighted by molar-refractivity contribution is -0.130. The van der Waals surface area contributed by atoms with E-state index in [-0.39, 0.29) is 5.91 Å². The van der Waals surface area contributed by atoms with Crippen LogP contribution in [0.25, 0.3) is 0 Å². The van der Waals surface area contributed by atoms with Crippen LogP contribution in [0.5, 0.6) is 5.88 Å². The van der Waals surface area contributed by atoms with Crippen LogP contribution in [0.2, 0.25) is 0 Å². The van der Waals surface area contributed by atoms with Gasteiger partial charge in [0.1, 0.15) is 0 Å². The van der Waals surface area contributed by atoms with E-state index in [4.69, 9.17) is 4.74 Å². The number of hydrogen-bond acceptors (Lipinski definition) is 6. The fourth-order valence-corrected chi connectivity index (χ4v) is 2.55. The van der Waals surface area contributed by atoms with E-state index in [0.29, 0.717) is 32.0 Å². The first kappa shape index (κ1) is 15.3. The molecule has 2 aromatic rings. The van der Waals surface area contributed by atoms with Crippen molar-refractivity contribution in [1.82, 2.24) is 25.3 Å². The van der Waals surface area contributed by atoms with Crippen LogP contribution in [0, 0.1) is 0 Å². The fraction of sp³-hybridized carbons (Fsp3) is 0.467. The molecular weight excluding hydrogens is 296 g/mol. The Hall–Kier alpha value is -2.64. The summed E-state index contributed by atoms with van der Waals surface area (Å²) in [5.41, 5.74) is 0.912. The molecule has 0 spiro atoms. The summed E-state index contributed by atoms with van der Waals surface area (Å²) < 4.78 is 5.29. The molecule has 0 aliphatic carbocycles. The predicted molar refractivity (Wildman–Crippen MR) is 84.3 cm³/mol. The van der Waals surface area contributed by atoms with Crippen LogP contribution in [-0.2, 0) is 11.2 Å². The van der Waals surface area contributed by atoms with Gasteiger partial charge in [0.2, 0.25) is 11.8 Å². The maximum atomic E-state index is 12.2. The number of piperazine rings is 1. The van der Waals surface area contributed by atoms with Crippen molar-refractivity contribution in [2.75, 3.05) is 37.7 Å². The van der Waals surface area contributed by atoms with E-state index in [9.17, 15) is 4.79 Å². The zero-order valence-electron chi connectivity index (χ0n) is 13.1. The highest BCUT2D eigenvalue weighted by Gasteiger charge is 2.22. The molecule has 122 valence electrons. The topological polar surface area (TPSA) is 87.2 Å². The van der Waals surface area contributed by atoms with Crippen molar-refractivity contribution in [3.8, 4) is 5.88 Å². The average Bonchev–Trinajstić information content (AvgIpc) is 3.09. The van der Waals surface area contributed by atoms with Crippen LogP contribution in [0.1, 0.15) is 12.5 Å². The van der Waals surface area contributed by atoms with Crippen molar-refractivity contribution in [2.45, 2.75) is 13.3 Å². The molecule has 1 aliphatic rings. The minimum atomic E-state index is 0.129. The average molecular weight is 316 g/mol. The number of H-pyrrole nitrogens is 1. The van der Waals surface area contributed by atoms with Gasteiger partial charge < -0.3 is 14.5 Å². The minimum Gasteiger partial charge on any atom is -0.477 e. The van der Waals surface area contributed by atoms with E-state index in [1.54, 1.807) is 12.4 Å². The van der Waals surface area contributed by atoms with Gasteiger partial charge >= 0.3 is 0 Å². The number of aromatic amines is 1. The van der Waals surface area contributed by atoms with Gasteiger partial charge in [-0.2, -0.15) is 5.10 Å². The van der Waals surface area contributed by atoms with Crippen LogP contribution in [0.3, 0.4) is 0 Å². The van der Waals surface area contributed by atoms with Gasteiger partial charge in [0.05, 0.1) is 19.2 Å². The molecule has 1 aliphatic heterocycles. The van der Waals surface area contributed by atoms with Gasteiger partial charge in [-0.15, -0.1) is 10.2 Å². The van der Waals surface area contributed by atoms with Gasteiger partial charge in [0, 0.05) is 38.4 Å². The van der Waals surface area contributed by atoms with Gasteiger partial charge in [-0.1, -0.05) is 0 Å². The molecule has 0 aromatic carbocycles. The molecule has 8 heteroatoms. The largest absolute Gasteiger partial charge is 0.477 e. The number of amides is 1. The summed E-state index contributed by atoms with van der Waals surface area (Å²) in [6, 6.07) is 3.73. The Morgan fingerprint density at radius 2 is 2.09 bits per heavy atom. The third-order valence-corrected chi connectivity index (χ3v) is 3.78. The van der Waals surface area contributed by atoms with Gasteiger partial charge in [0.15, 0.2) is 5.82 Å². The Balaban J connectivity index is 1.52. The van der Waals surface area contributed by atoms with E-state index in [2.05, 4.69) is 25.3 Å². The van der Waals surface area contributed by atoms with E-state index in [1.807, 2.05) is 24.0 Å². The van der Waals surface area contributed by atoms with Gasteiger partial charge in [0.25, 0.3) is 0 Å². The van der Waals surface area contributed by atoms with Gasteiger partial charge in [-0.3, -0.25) is 9.89 Å². The lowest BCUT2D eigenvalue weighted by Gasteiger charge is -2.35. The molecule has 1 amide bonds. The van der Waals surface area contributed by atoms with Gasteiger partial charge in [-0.05, 0) is 18.6 Å². The summed E-state index contributed by atoms with van der Waals surface area (Å²) in [4.78, 5) is 16.3. The number of carbonyl (C=O) groups is 1. The minimum absolute atomic E-state index is 0.129. The summed E-state index contributed by atoms with van der Waals surface area (Å²) >= 11 is 0. The second kappa shape index (κ2) is 7.08. The number of carbonyl (C=O) groups excluding carboxylic acids is 1. The first-order valence-corrected chi connectivity index (χ1v) is 7.73. The monoisotopic (exact) mass is 316 g/mol. The number of aromatic nitrogens is 4. The summed E-state index contributed by atoms with van der Waals surface area (Å²) in [5.74, 6) is 1.48. The highest BCUT2D eigenvalue weighted by molar-refractivity contribution is 5.78. The van der Waals surface area contributed by atoms with Crippen molar-refractivity contribution in [3.05, 3.63) is 30.1 Å². The lowest BCUT2D eigenvalue weighted by Crippen LogP contribution is -2.49. The van der Waals surface area contributed by atoms with Crippen molar-refractivity contribution in [1.29, 1.82) is 0 Å². The number of nitrogens with one attached hydrogen (secondary N) is 1. The first-order chi connectivity index (χ1) is 11.3. The third-order valence-electron chi connectivity index (χ3n) is 3.78. The Kier molecular flexibility index (Phi) is 4.70. The lowest BCUT2D eigenvalue weighted by atomic mass is 10.2. The summed E-state index contributed by atoms with van der Waals surface area (Å²) in [5, 5.41) is 14.8. The Bertz CT molecular complexity index is 620. The molecule has 1 fully saturated rings. The van der Waals surface area contributed by atoms with Crippen molar-refractivity contribution in [3.63, 3.8) is 0 Å². The number of nitrogens with zero attached hydrogens (tertiary/aromatic N) is 5. The molecule has 8 nitrogen and oxygen atoms in total. The maximum absolute atomic E-state index is 12.2. The standard InChI is InChI=1S/C15H20N6O2/c1-2-23-14-4-3-13(18-19-14)20-5-7-21(8-6-20)15(22)9-12-10-16-17-11-12/h3-4,10-11H,2,5-9H2,1H3,(H,16,17). The summed E-state index contributed by atoms with van der Waals surface area (Å²) in [6.45, 7) is 5.36. The zero-order valence-corrected chi connectivity index (χ0v) is 13.1. The molecular formula is C15H20N6O2. The zero-order chi connectivity index (χ0) is 16.1. The van der Waals surface area contributed by atoms with Crippen LogP contribution in [0.4, 0.5) is 5.82 Å². The summed E-state index contributed by atoms with van der Waals surface area (Å²) in [6.07, 6.45) is 3.83. The van der Waals surface area contributed by atoms with E-state index in [1.165, 1.54) is 0 Å². The highest BCUT2D eigenvalue weighted by atomic mass is 16.5. The Labute approximate surface area is 134 Å². The highest BCUT2D eigenvalue weighted by Crippen LogP contribution is 2.15. The molecule has 0 unspecified atom stereocenters. The molecule has 3 rings (SSSR count). The molecule has 1 N–H and O–H groups in total. The van der Waals surface area contributed by atoms with Crippen LogP contribution in [-0.4, -0.2) is 64.0 Å². The SMILES string of the molecule is CCOc1ccc(N2CCN(C(=O)Cc3cn[nH]c3)CC2)nn1. The molecule has 2 aromatic heterocycles. The molecule has 0 bridgehead atoms. The molecule has 1 saturated heterocycles. The molecule has 3 heterocycles. The van der Waals surface area contributed by atoms with Crippen molar-refractivity contribution >= 4 is 11.7 Å². The predicted octanol–water partition coefficient (Wildman–Crippen LogP) is 0.490. The second-order valence-corrected chi connectivity index (χ2v) is 5.31. The van der Waals surface area contributed by atoms with Crippen LogP contribution < -0.4 is 9.64 Å². The van der Waals surface area contributed by atoms with Crippen LogP contribution in [0.15, 0.2) is 24.5 Å². The fourth-order valence-electron chi connectivity index (χ4n) is 2.55. The van der Waals surface area contributed by atoms with E-state index in [0.717, 1.165) is 24.5 Å². The molecule has 0 atom stereocenters. The molecule has 23 heavy (non-hydrogen) atoms. The summed E-state index contributed by atoms with van der Waals surface area (Å²) in [7, 11) is 0. The quantitative estimate of drug-likeness (QED) is 0.864. The first-order valence-electron chi connectivity index (χ1n) is 7.73. The maximum Gasteiger partial charge on any atom is 0.233 e. The third kappa shape index (κ3) is 3.77. The number of hydrogen-bond donors (Lipinski definition) is 1. The Morgan fingerprint density at radius 3 is 2.70 bits per heavy atom. The smallest absolute Gasteiger partial charge is 0.233 e. The van der Waals surface area contributed by atoms with E-state index >= 15 is 0 Å². The number of anilines is 1. The van der Waals surface area contributed by atoms with Crippen molar-refractivity contribution in [2.24, 2.45) is 0 Å². The Morgan fingerprint density at radius 1 is 1.26 bits per heavy atom.